The van der Waals surface area contributed by atoms with E-state index in [9.17, 15) is 0 Å². The highest BCUT2D eigenvalue weighted by molar-refractivity contribution is 5.43. The van der Waals surface area contributed by atoms with Gasteiger partial charge in [0.2, 0.25) is 5.95 Å². The molecule has 0 spiro atoms. The van der Waals surface area contributed by atoms with Crippen molar-refractivity contribution >= 4 is 5.95 Å². The Bertz CT molecular complexity index is 499. The highest BCUT2D eigenvalue weighted by atomic mass is 15.2. The van der Waals surface area contributed by atoms with Gasteiger partial charge in [0.1, 0.15) is 0 Å². The molecule has 0 saturated heterocycles. The van der Waals surface area contributed by atoms with Crippen LogP contribution in [0, 0.1) is 20.8 Å². The quantitative estimate of drug-likeness (QED) is 0.766. The maximum Gasteiger partial charge on any atom is 0.205 e. The highest BCUT2D eigenvalue weighted by Gasteiger charge is 2.07. The number of aryl methyl sites for hydroxylation is 3. The van der Waals surface area contributed by atoms with Crippen LogP contribution in [0.5, 0.6) is 0 Å². The Morgan fingerprint density at radius 3 is 2.33 bits per heavy atom. The molecule has 0 aliphatic rings. The first-order valence-corrected chi connectivity index (χ1v) is 4.84. The van der Waals surface area contributed by atoms with Crippen molar-refractivity contribution in [2.24, 2.45) is 0 Å². The average molecular weight is 202 g/mol. The lowest BCUT2D eigenvalue weighted by Gasteiger charge is -2.07. The minimum atomic E-state index is 0.501. The number of nitrogens with two attached hydrogens (primary N) is 1. The number of imidazole rings is 1. The molecule has 0 aliphatic heterocycles. The molecule has 2 N–H and O–H groups in total. The van der Waals surface area contributed by atoms with Gasteiger partial charge in [0.25, 0.3) is 0 Å². The fraction of sp³-hybridized carbons (Fsp3) is 0.273. The van der Waals surface area contributed by atoms with E-state index in [1.54, 1.807) is 0 Å². The molecule has 2 aromatic rings. The summed E-state index contributed by atoms with van der Waals surface area (Å²) in [6.07, 6.45) is 1.91. The molecule has 0 radical (unpaired) electrons. The summed E-state index contributed by atoms with van der Waals surface area (Å²) in [5.41, 5.74) is 9.66. The zero-order valence-corrected chi connectivity index (χ0v) is 9.15. The number of rotatable bonds is 1. The molecule has 2 heterocycles. The molecular formula is C11H14N4. The fourth-order valence-corrected chi connectivity index (χ4v) is 1.64. The SMILES string of the molecule is Cc1ccc(-n2cc(C)nc2N)c(C)n1. The topological polar surface area (TPSA) is 56.7 Å². The van der Waals surface area contributed by atoms with Crippen LogP contribution in [0.25, 0.3) is 5.69 Å². The van der Waals surface area contributed by atoms with E-state index in [0.717, 1.165) is 22.8 Å². The lowest BCUT2D eigenvalue weighted by atomic mass is 10.2. The molecule has 0 bridgehead atoms. The van der Waals surface area contributed by atoms with Crippen LogP contribution < -0.4 is 5.73 Å². The van der Waals surface area contributed by atoms with E-state index in [0.29, 0.717) is 5.95 Å². The Kier molecular flexibility index (Phi) is 2.19. The summed E-state index contributed by atoms with van der Waals surface area (Å²) < 4.78 is 1.86. The number of pyridine rings is 1. The molecule has 4 heteroatoms. The normalized spacial score (nSPS) is 10.6. The van der Waals surface area contributed by atoms with Crippen LogP contribution in [0.3, 0.4) is 0 Å². The second kappa shape index (κ2) is 3.38. The monoisotopic (exact) mass is 202 g/mol. The number of hydrogen-bond acceptors (Lipinski definition) is 3. The van der Waals surface area contributed by atoms with Gasteiger partial charge < -0.3 is 5.73 Å². The van der Waals surface area contributed by atoms with E-state index < -0.39 is 0 Å². The Hall–Kier alpha value is -1.84. The molecule has 0 aliphatic carbocycles. The zero-order chi connectivity index (χ0) is 11.0. The zero-order valence-electron chi connectivity index (χ0n) is 9.15. The molecule has 0 atom stereocenters. The van der Waals surface area contributed by atoms with Crippen molar-refractivity contribution in [2.75, 3.05) is 5.73 Å². The van der Waals surface area contributed by atoms with Crippen molar-refractivity contribution in [1.29, 1.82) is 0 Å². The summed E-state index contributed by atoms with van der Waals surface area (Å²) in [7, 11) is 0. The first-order valence-electron chi connectivity index (χ1n) is 4.84. The molecule has 4 nitrogen and oxygen atoms in total. The van der Waals surface area contributed by atoms with Crippen molar-refractivity contribution in [3.63, 3.8) is 0 Å². The largest absolute Gasteiger partial charge is 0.369 e. The Labute approximate surface area is 88.8 Å². The molecule has 0 fully saturated rings. The maximum absolute atomic E-state index is 5.80. The first kappa shape index (κ1) is 9.71. The number of anilines is 1. The van der Waals surface area contributed by atoms with E-state index in [-0.39, 0.29) is 0 Å². The summed E-state index contributed by atoms with van der Waals surface area (Å²) >= 11 is 0. The van der Waals surface area contributed by atoms with Gasteiger partial charge in [-0.3, -0.25) is 9.55 Å². The molecule has 0 amide bonds. The van der Waals surface area contributed by atoms with Gasteiger partial charge in [0.05, 0.1) is 17.1 Å². The Morgan fingerprint density at radius 2 is 1.80 bits per heavy atom. The molecule has 15 heavy (non-hydrogen) atoms. The molecule has 0 aromatic carbocycles. The van der Waals surface area contributed by atoms with Crippen LogP contribution in [-0.4, -0.2) is 14.5 Å². The maximum atomic E-state index is 5.80. The summed E-state index contributed by atoms with van der Waals surface area (Å²) in [5.74, 6) is 0.501. The van der Waals surface area contributed by atoms with E-state index in [1.807, 2.05) is 43.7 Å². The van der Waals surface area contributed by atoms with E-state index in [2.05, 4.69) is 9.97 Å². The third-order valence-electron chi connectivity index (χ3n) is 2.31. The predicted molar refractivity (Wildman–Crippen MR) is 60.0 cm³/mol. The predicted octanol–water partition coefficient (Wildman–Crippen LogP) is 1.77. The Morgan fingerprint density at radius 1 is 1.07 bits per heavy atom. The number of nitrogen functional groups attached to an aromatic ring is 1. The van der Waals surface area contributed by atoms with E-state index in [1.165, 1.54) is 0 Å². The van der Waals surface area contributed by atoms with Crippen LogP contribution in [0.4, 0.5) is 5.95 Å². The fourth-order valence-electron chi connectivity index (χ4n) is 1.64. The lowest BCUT2D eigenvalue weighted by Crippen LogP contribution is -2.03. The molecule has 2 rings (SSSR count). The minimum Gasteiger partial charge on any atom is -0.369 e. The molecular weight excluding hydrogens is 188 g/mol. The van der Waals surface area contributed by atoms with Gasteiger partial charge in [0, 0.05) is 11.9 Å². The van der Waals surface area contributed by atoms with Gasteiger partial charge in [-0.15, -0.1) is 0 Å². The summed E-state index contributed by atoms with van der Waals surface area (Å²) in [6.45, 7) is 5.86. The number of nitrogens with zero attached hydrogens (tertiary/aromatic N) is 3. The van der Waals surface area contributed by atoms with Gasteiger partial charge in [0.15, 0.2) is 0 Å². The second-order valence-corrected chi connectivity index (χ2v) is 3.67. The molecule has 2 aromatic heterocycles. The van der Waals surface area contributed by atoms with Crippen molar-refractivity contribution in [3.05, 3.63) is 35.4 Å². The van der Waals surface area contributed by atoms with Crippen LogP contribution in [0.15, 0.2) is 18.3 Å². The molecule has 0 unspecified atom stereocenters. The number of aromatic nitrogens is 3. The van der Waals surface area contributed by atoms with Crippen molar-refractivity contribution < 1.29 is 0 Å². The summed E-state index contributed by atoms with van der Waals surface area (Å²) in [6, 6.07) is 3.98. The molecule has 0 saturated carbocycles. The smallest absolute Gasteiger partial charge is 0.205 e. The first-order chi connectivity index (χ1) is 7.08. The van der Waals surface area contributed by atoms with Crippen LogP contribution >= 0.6 is 0 Å². The van der Waals surface area contributed by atoms with Gasteiger partial charge in [-0.25, -0.2) is 4.98 Å². The second-order valence-electron chi connectivity index (χ2n) is 3.67. The van der Waals surface area contributed by atoms with Crippen LogP contribution in [-0.2, 0) is 0 Å². The molecule has 78 valence electrons. The van der Waals surface area contributed by atoms with Gasteiger partial charge in [-0.05, 0) is 32.9 Å². The highest BCUT2D eigenvalue weighted by Crippen LogP contribution is 2.17. The Balaban J connectivity index is 2.59. The van der Waals surface area contributed by atoms with Gasteiger partial charge in [-0.1, -0.05) is 0 Å². The summed E-state index contributed by atoms with van der Waals surface area (Å²) in [4.78, 5) is 8.56. The standard InChI is InChI=1S/C11H14N4/c1-7-4-5-10(9(3)13-7)15-6-8(2)14-11(15)12/h4-6H,1-3H3,(H2,12,14). The number of hydrogen-bond donors (Lipinski definition) is 1. The van der Waals surface area contributed by atoms with Crippen LogP contribution in [0.1, 0.15) is 17.1 Å². The van der Waals surface area contributed by atoms with E-state index >= 15 is 0 Å². The van der Waals surface area contributed by atoms with Gasteiger partial charge >= 0.3 is 0 Å². The van der Waals surface area contributed by atoms with Crippen molar-refractivity contribution in [3.8, 4) is 5.69 Å². The van der Waals surface area contributed by atoms with E-state index in [4.69, 9.17) is 5.73 Å². The summed E-state index contributed by atoms with van der Waals surface area (Å²) in [5, 5.41) is 0. The third kappa shape index (κ3) is 1.70. The minimum absolute atomic E-state index is 0.501. The van der Waals surface area contributed by atoms with Crippen LogP contribution in [0.2, 0.25) is 0 Å². The average Bonchev–Trinajstić information content (AvgIpc) is 2.45. The lowest BCUT2D eigenvalue weighted by molar-refractivity contribution is 1.00. The van der Waals surface area contributed by atoms with Crippen molar-refractivity contribution in [2.45, 2.75) is 20.8 Å². The third-order valence-corrected chi connectivity index (χ3v) is 2.31. The van der Waals surface area contributed by atoms with Crippen molar-refractivity contribution in [1.82, 2.24) is 14.5 Å². The van der Waals surface area contributed by atoms with Gasteiger partial charge in [-0.2, -0.15) is 0 Å².